The number of hydrazone groups is 1. The number of benzene rings is 2. The maximum absolute atomic E-state index is 11.7. The molecule has 0 fully saturated rings. The molecule has 0 radical (unpaired) electrons. The van der Waals surface area contributed by atoms with Gasteiger partial charge in [0.25, 0.3) is 5.56 Å². The zero-order valence-electron chi connectivity index (χ0n) is 13.4. The van der Waals surface area contributed by atoms with Gasteiger partial charge in [-0.3, -0.25) is 10.2 Å². The number of fused-ring (bicyclic) bond motifs is 1. The van der Waals surface area contributed by atoms with Crippen molar-refractivity contribution in [3.8, 4) is 0 Å². The molecule has 2 aromatic carbocycles. The van der Waals surface area contributed by atoms with Crippen LogP contribution in [0.25, 0.3) is 10.9 Å². The molecule has 6 heteroatoms. The van der Waals surface area contributed by atoms with Crippen molar-refractivity contribution in [2.24, 2.45) is 5.10 Å². The van der Waals surface area contributed by atoms with E-state index < -0.39 is 0 Å². The number of nitrogens with one attached hydrogen (secondary N) is 2. The van der Waals surface area contributed by atoms with Gasteiger partial charge in [0.05, 0.1) is 17.4 Å². The number of halogens is 1. The Balaban J connectivity index is 1.84. The summed E-state index contributed by atoms with van der Waals surface area (Å²) in [6.07, 6.45) is 1.71. The molecule has 1 heterocycles. The Morgan fingerprint density at radius 3 is 2.58 bits per heavy atom. The molecule has 0 aliphatic heterocycles. The summed E-state index contributed by atoms with van der Waals surface area (Å²) in [6.45, 7) is 0. The summed E-state index contributed by atoms with van der Waals surface area (Å²) in [6, 6.07) is 14.8. The quantitative estimate of drug-likeness (QED) is 0.562. The van der Waals surface area contributed by atoms with E-state index in [0.717, 1.165) is 16.6 Å². The van der Waals surface area contributed by atoms with E-state index in [2.05, 4.69) is 15.5 Å². The van der Waals surface area contributed by atoms with Crippen molar-refractivity contribution < 1.29 is 0 Å². The number of anilines is 2. The second-order valence-corrected chi connectivity index (χ2v) is 6.03. The topological polar surface area (TPSA) is 60.5 Å². The molecule has 3 aromatic rings. The zero-order chi connectivity index (χ0) is 17.1. The maximum atomic E-state index is 11.7. The fraction of sp³-hybridized carbons (Fsp3) is 0.111. The van der Waals surface area contributed by atoms with Crippen molar-refractivity contribution >= 4 is 40.1 Å². The van der Waals surface area contributed by atoms with Gasteiger partial charge in [0.15, 0.2) is 0 Å². The van der Waals surface area contributed by atoms with E-state index in [0.29, 0.717) is 16.2 Å². The number of H-pyrrole nitrogens is 1. The summed E-state index contributed by atoms with van der Waals surface area (Å²) in [7, 11) is 3.99. The number of pyridine rings is 1. The fourth-order valence-corrected chi connectivity index (χ4v) is 2.53. The van der Waals surface area contributed by atoms with Gasteiger partial charge >= 0.3 is 0 Å². The summed E-state index contributed by atoms with van der Waals surface area (Å²) in [4.78, 5) is 16.5. The first-order valence-electron chi connectivity index (χ1n) is 7.42. The minimum Gasteiger partial charge on any atom is -0.378 e. The molecule has 122 valence electrons. The normalized spacial score (nSPS) is 11.1. The van der Waals surface area contributed by atoms with E-state index in [-0.39, 0.29) is 5.56 Å². The van der Waals surface area contributed by atoms with Gasteiger partial charge in [0.1, 0.15) is 0 Å². The maximum Gasteiger partial charge on any atom is 0.250 e. The van der Waals surface area contributed by atoms with Crippen LogP contribution < -0.4 is 15.9 Å². The van der Waals surface area contributed by atoms with Crippen LogP contribution in [-0.2, 0) is 0 Å². The Kier molecular flexibility index (Phi) is 4.53. The monoisotopic (exact) mass is 340 g/mol. The number of aromatic nitrogens is 1. The highest BCUT2D eigenvalue weighted by atomic mass is 35.5. The Morgan fingerprint density at radius 2 is 1.88 bits per heavy atom. The Labute approximate surface area is 144 Å². The van der Waals surface area contributed by atoms with Crippen LogP contribution in [0.1, 0.15) is 5.56 Å². The molecular weight excluding hydrogens is 324 g/mol. The molecule has 0 aliphatic carbocycles. The van der Waals surface area contributed by atoms with Gasteiger partial charge in [-0.05, 0) is 35.9 Å². The lowest BCUT2D eigenvalue weighted by Gasteiger charge is -2.11. The molecule has 0 atom stereocenters. The molecule has 1 aromatic heterocycles. The number of nitrogens with zero attached hydrogens (tertiary/aromatic N) is 2. The first-order valence-corrected chi connectivity index (χ1v) is 7.80. The molecular formula is C18H17ClN4O. The van der Waals surface area contributed by atoms with Gasteiger partial charge in [-0.1, -0.05) is 23.7 Å². The van der Waals surface area contributed by atoms with E-state index >= 15 is 0 Å². The van der Waals surface area contributed by atoms with Gasteiger partial charge < -0.3 is 9.88 Å². The average molecular weight is 341 g/mol. The van der Waals surface area contributed by atoms with Crippen LogP contribution in [0, 0.1) is 0 Å². The Hall–Kier alpha value is -2.79. The number of rotatable bonds is 4. The molecule has 0 spiro atoms. The number of aromatic amines is 1. The third-order valence-electron chi connectivity index (χ3n) is 3.61. The summed E-state index contributed by atoms with van der Waals surface area (Å²) in [5.41, 5.74) is 6.12. The lowest BCUT2D eigenvalue weighted by Crippen LogP contribution is -2.08. The molecule has 0 aliphatic rings. The van der Waals surface area contributed by atoms with Crippen LogP contribution >= 0.6 is 11.6 Å². The van der Waals surface area contributed by atoms with Crippen LogP contribution in [-0.4, -0.2) is 25.3 Å². The largest absolute Gasteiger partial charge is 0.378 e. The molecule has 0 amide bonds. The van der Waals surface area contributed by atoms with E-state index in [9.17, 15) is 4.79 Å². The standard InChI is InChI=1S/C18H17ClN4O/c1-23(2)14-6-3-12(4-7-14)11-20-22-17-10-18(24)21-16-8-5-13(19)9-15(16)17/h3-11H,1-2H3,(H2,21,22,24)/b20-11-. The second-order valence-electron chi connectivity index (χ2n) is 5.59. The fourth-order valence-electron chi connectivity index (χ4n) is 2.35. The molecule has 0 bridgehead atoms. The first-order chi connectivity index (χ1) is 11.5. The van der Waals surface area contributed by atoms with Gasteiger partial charge in [-0.2, -0.15) is 5.10 Å². The lowest BCUT2D eigenvalue weighted by atomic mass is 10.2. The van der Waals surface area contributed by atoms with E-state index in [1.54, 1.807) is 24.4 Å². The molecule has 0 saturated carbocycles. The van der Waals surface area contributed by atoms with Crippen LogP contribution in [0.3, 0.4) is 0 Å². The third-order valence-corrected chi connectivity index (χ3v) is 3.85. The molecule has 0 unspecified atom stereocenters. The van der Waals surface area contributed by atoms with E-state index in [1.165, 1.54) is 6.07 Å². The average Bonchev–Trinajstić information content (AvgIpc) is 2.56. The van der Waals surface area contributed by atoms with Crippen molar-refractivity contribution in [1.82, 2.24) is 4.98 Å². The highest BCUT2D eigenvalue weighted by molar-refractivity contribution is 6.31. The van der Waals surface area contributed by atoms with Crippen LogP contribution in [0.5, 0.6) is 0 Å². The van der Waals surface area contributed by atoms with Crippen LogP contribution in [0.2, 0.25) is 5.02 Å². The summed E-state index contributed by atoms with van der Waals surface area (Å²) in [5, 5.41) is 5.63. The predicted molar refractivity (Wildman–Crippen MR) is 102 cm³/mol. The highest BCUT2D eigenvalue weighted by Crippen LogP contribution is 2.23. The zero-order valence-corrected chi connectivity index (χ0v) is 14.1. The smallest absolute Gasteiger partial charge is 0.250 e. The molecule has 2 N–H and O–H groups in total. The third kappa shape index (κ3) is 3.58. The molecule has 5 nitrogen and oxygen atoms in total. The van der Waals surface area contributed by atoms with Crippen molar-refractivity contribution in [2.45, 2.75) is 0 Å². The highest BCUT2D eigenvalue weighted by Gasteiger charge is 2.03. The minimum atomic E-state index is -0.196. The van der Waals surface area contributed by atoms with Crippen molar-refractivity contribution in [3.05, 3.63) is 69.5 Å². The molecule has 3 rings (SSSR count). The van der Waals surface area contributed by atoms with E-state index in [4.69, 9.17) is 11.6 Å². The van der Waals surface area contributed by atoms with Gasteiger partial charge in [0, 0.05) is 36.3 Å². The predicted octanol–water partition coefficient (Wildman–Crippen LogP) is 3.69. The van der Waals surface area contributed by atoms with Crippen molar-refractivity contribution in [2.75, 3.05) is 24.4 Å². The lowest BCUT2D eigenvalue weighted by molar-refractivity contribution is 1.13. The Morgan fingerprint density at radius 1 is 1.12 bits per heavy atom. The molecule has 0 saturated heterocycles. The summed E-state index contributed by atoms with van der Waals surface area (Å²) in [5.74, 6) is 0. The van der Waals surface area contributed by atoms with Crippen LogP contribution in [0.15, 0.2) is 58.4 Å². The molecule has 24 heavy (non-hydrogen) atoms. The van der Waals surface area contributed by atoms with Crippen LogP contribution in [0.4, 0.5) is 11.4 Å². The SMILES string of the molecule is CN(C)c1ccc(/C=N\Nc2cc(=O)[nH]c3ccc(Cl)cc23)cc1. The number of hydrogen-bond donors (Lipinski definition) is 2. The summed E-state index contributed by atoms with van der Waals surface area (Å²) >= 11 is 6.04. The van der Waals surface area contributed by atoms with Crippen molar-refractivity contribution in [3.63, 3.8) is 0 Å². The minimum absolute atomic E-state index is 0.196. The second kappa shape index (κ2) is 6.76. The van der Waals surface area contributed by atoms with Crippen molar-refractivity contribution in [1.29, 1.82) is 0 Å². The van der Waals surface area contributed by atoms with E-state index in [1.807, 2.05) is 43.3 Å². The number of hydrogen-bond acceptors (Lipinski definition) is 4. The Bertz CT molecular complexity index is 945. The summed E-state index contributed by atoms with van der Waals surface area (Å²) < 4.78 is 0. The van der Waals surface area contributed by atoms with Gasteiger partial charge in [-0.25, -0.2) is 0 Å². The van der Waals surface area contributed by atoms with Gasteiger partial charge in [-0.15, -0.1) is 0 Å². The first kappa shape index (κ1) is 16.1. The van der Waals surface area contributed by atoms with Gasteiger partial charge in [0.2, 0.25) is 0 Å².